The minimum Gasteiger partial charge on any atom is -0.326 e. The molecule has 1 aromatic rings. The molecule has 6 nitrogen and oxygen atoms in total. The molecule has 7 heteroatoms. The Kier molecular flexibility index (Phi) is 3.94. The van der Waals surface area contributed by atoms with Crippen molar-refractivity contribution in [2.45, 2.75) is 19.9 Å². The molecule has 1 aliphatic rings. The van der Waals surface area contributed by atoms with E-state index in [2.05, 4.69) is 10.6 Å². The molecule has 1 fully saturated rings. The Morgan fingerprint density at radius 1 is 1.45 bits per heavy atom. The molecule has 0 aliphatic carbocycles. The van der Waals surface area contributed by atoms with Gasteiger partial charge in [-0.25, -0.2) is 4.79 Å². The average Bonchev–Trinajstić information content (AvgIpc) is 2.60. The van der Waals surface area contributed by atoms with Gasteiger partial charge < -0.3 is 10.6 Å². The number of hydrogen-bond acceptors (Lipinski definition) is 3. The van der Waals surface area contributed by atoms with Crippen LogP contribution in [0.3, 0.4) is 0 Å². The van der Waals surface area contributed by atoms with E-state index in [0.29, 0.717) is 10.7 Å². The van der Waals surface area contributed by atoms with Crippen molar-refractivity contribution in [2.24, 2.45) is 0 Å². The van der Waals surface area contributed by atoms with Crippen LogP contribution in [0.4, 0.5) is 10.5 Å². The quantitative estimate of drug-likeness (QED) is 0.830. The highest BCUT2D eigenvalue weighted by atomic mass is 35.5. The van der Waals surface area contributed by atoms with Gasteiger partial charge >= 0.3 is 6.03 Å². The van der Waals surface area contributed by atoms with Crippen LogP contribution in [0.1, 0.15) is 12.5 Å². The maximum Gasteiger partial charge on any atom is 0.325 e. The van der Waals surface area contributed by atoms with Gasteiger partial charge in [-0.3, -0.25) is 14.5 Å². The summed E-state index contributed by atoms with van der Waals surface area (Å²) in [5.41, 5.74) is 1.40. The summed E-state index contributed by atoms with van der Waals surface area (Å²) in [5.74, 6) is -0.842. The molecule has 20 heavy (non-hydrogen) atoms. The number of benzene rings is 1. The number of carbonyl (C=O) groups is 3. The molecule has 0 aromatic heterocycles. The van der Waals surface area contributed by atoms with E-state index >= 15 is 0 Å². The van der Waals surface area contributed by atoms with Gasteiger partial charge in [-0.2, -0.15) is 0 Å². The predicted molar refractivity (Wildman–Crippen MR) is 74.5 cm³/mol. The van der Waals surface area contributed by atoms with E-state index in [9.17, 15) is 14.4 Å². The van der Waals surface area contributed by atoms with Crippen LogP contribution in [0.25, 0.3) is 0 Å². The highest BCUT2D eigenvalue weighted by molar-refractivity contribution is 6.30. The largest absolute Gasteiger partial charge is 0.326 e. The van der Waals surface area contributed by atoms with Crippen LogP contribution in [0.15, 0.2) is 18.2 Å². The molecule has 1 atom stereocenters. The molecular formula is C13H14ClN3O3. The van der Waals surface area contributed by atoms with Crippen LogP contribution in [-0.4, -0.2) is 35.3 Å². The van der Waals surface area contributed by atoms with Gasteiger partial charge in [-0.15, -0.1) is 0 Å². The lowest BCUT2D eigenvalue weighted by Gasteiger charge is -2.13. The zero-order valence-electron chi connectivity index (χ0n) is 11.1. The minimum absolute atomic E-state index is 0.308. The van der Waals surface area contributed by atoms with Crippen molar-refractivity contribution in [2.75, 3.05) is 11.9 Å². The number of halogens is 1. The van der Waals surface area contributed by atoms with E-state index in [1.807, 2.05) is 0 Å². The third kappa shape index (κ3) is 2.91. The van der Waals surface area contributed by atoms with Gasteiger partial charge in [0.1, 0.15) is 12.6 Å². The van der Waals surface area contributed by atoms with Gasteiger partial charge in [0.25, 0.3) is 5.91 Å². The molecule has 4 amide bonds. The summed E-state index contributed by atoms with van der Waals surface area (Å²) in [6.07, 6.45) is 0. The number of urea groups is 1. The van der Waals surface area contributed by atoms with Gasteiger partial charge in [-0.05, 0) is 37.6 Å². The second kappa shape index (κ2) is 5.50. The lowest BCUT2D eigenvalue weighted by molar-refractivity contribution is -0.130. The summed E-state index contributed by atoms with van der Waals surface area (Å²) >= 11 is 5.83. The fraction of sp³-hybridized carbons (Fsp3) is 0.308. The average molecular weight is 296 g/mol. The lowest BCUT2D eigenvalue weighted by atomic mass is 10.2. The van der Waals surface area contributed by atoms with Crippen LogP contribution >= 0.6 is 11.6 Å². The standard InChI is InChI=1S/C13H14ClN3O3/c1-7-5-9(14)3-4-10(7)16-11(18)6-17-12(19)8(2)15-13(17)20/h3-5,8H,6H2,1-2H3,(H,15,20)(H,16,18). The molecule has 106 valence electrons. The van der Waals surface area contributed by atoms with Crippen molar-refractivity contribution in [3.8, 4) is 0 Å². The SMILES string of the molecule is Cc1cc(Cl)ccc1NC(=O)CN1C(=O)NC(C)C1=O. The summed E-state index contributed by atoms with van der Waals surface area (Å²) in [7, 11) is 0. The first-order valence-corrected chi connectivity index (χ1v) is 6.44. The van der Waals surface area contributed by atoms with Crippen molar-refractivity contribution in [1.82, 2.24) is 10.2 Å². The third-order valence-electron chi connectivity index (χ3n) is 2.99. The molecule has 2 rings (SSSR count). The molecule has 1 heterocycles. The van der Waals surface area contributed by atoms with Crippen LogP contribution < -0.4 is 10.6 Å². The fourth-order valence-electron chi connectivity index (χ4n) is 1.91. The Bertz CT molecular complexity index is 588. The van der Waals surface area contributed by atoms with Gasteiger partial charge in [0.05, 0.1) is 0 Å². The normalized spacial score (nSPS) is 18.1. The van der Waals surface area contributed by atoms with Gasteiger partial charge in [0.2, 0.25) is 5.91 Å². The number of anilines is 1. The number of nitrogens with zero attached hydrogens (tertiary/aromatic N) is 1. The maximum absolute atomic E-state index is 11.9. The molecule has 0 radical (unpaired) electrons. The number of amides is 4. The first kappa shape index (κ1) is 14.3. The van der Waals surface area contributed by atoms with E-state index in [1.54, 1.807) is 32.0 Å². The summed E-state index contributed by atoms with van der Waals surface area (Å²) in [6, 6.07) is 3.90. The number of nitrogens with one attached hydrogen (secondary N) is 2. The highest BCUT2D eigenvalue weighted by Gasteiger charge is 2.36. The zero-order valence-corrected chi connectivity index (χ0v) is 11.8. The Morgan fingerprint density at radius 2 is 2.15 bits per heavy atom. The molecule has 1 aromatic carbocycles. The van der Waals surface area contributed by atoms with Crippen LogP contribution in [0.2, 0.25) is 5.02 Å². The maximum atomic E-state index is 11.9. The molecule has 1 unspecified atom stereocenters. The smallest absolute Gasteiger partial charge is 0.325 e. The number of aryl methyl sites for hydroxylation is 1. The zero-order chi connectivity index (χ0) is 14.9. The Hall–Kier alpha value is -2.08. The monoisotopic (exact) mass is 295 g/mol. The Labute approximate surface area is 121 Å². The molecular weight excluding hydrogens is 282 g/mol. The molecule has 0 bridgehead atoms. The number of hydrogen-bond donors (Lipinski definition) is 2. The third-order valence-corrected chi connectivity index (χ3v) is 3.22. The summed E-state index contributed by atoms with van der Waals surface area (Å²) in [5, 5.41) is 5.67. The minimum atomic E-state index is -0.590. The van der Waals surface area contributed by atoms with E-state index in [1.165, 1.54) is 0 Å². The summed E-state index contributed by atoms with van der Waals surface area (Å²) in [6.45, 7) is 3.07. The van der Waals surface area contributed by atoms with Crippen molar-refractivity contribution in [3.63, 3.8) is 0 Å². The van der Waals surface area contributed by atoms with E-state index in [-0.39, 0.29) is 6.54 Å². The second-order valence-corrected chi connectivity index (χ2v) is 5.04. The first-order chi connectivity index (χ1) is 9.38. The van der Waals surface area contributed by atoms with E-state index in [0.717, 1.165) is 10.5 Å². The molecule has 0 saturated carbocycles. The molecule has 1 saturated heterocycles. The molecule has 0 spiro atoms. The Balaban J connectivity index is 2.03. The van der Waals surface area contributed by atoms with Gasteiger partial charge in [-0.1, -0.05) is 11.6 Å². The van der Waals surface area contributed by atoms with E-state index < -0.39 is 23.9 Å². The van der Waals surface area contributed by atoms with Crippen molar-refractivity contribution >= 4 is 35.1 Å². The lowest BCUT2D eigenvalue weighted by Crippen LogP contribution is -2.38. The predicted octanol–water partition coefficient (Wildman–Crippen LogP) is 1.53. The van der Waals surface area contributed by atoms with Crippen LogP contribution in [-0.2, 0) is 9.59 Å². The van der Waals surface area contributed by atoms with Gasteiger partial charge in [0.15, 0.2) is 0 Å². The topological polar surface area (TPSA) is 78.5 Å². The second-order valence-electron chi connectivity index (χ2n) is 4.60. The fourth-order valence-corrected chi connectivity index (χ4v) is 2.14. The van der Waals surface area contributed by atoms with Crippen molar-refractivity contribution < 1.29 is 14.4 Å². The van der Waals surface area contributed by atoms with E-state index in [4.69, 9.17) is 11.6 Å². The number of carbonyl (C=O) groups excluding carboxylic acids is 3. The van der Waals surface area contributed by atoms with Crippen LogP contribution in [0, 0.1) is 6.92 Å². The van der Waals surface area contributed by atoms with Crippen molar-refractivity contribution in [3.05, 3.63) is 28.8 Å². The number of imide groups is 1. The summed E-state index contributed by atoms with van der Waals surface area (Å²) < 4.78 is 0. The molecule has 2 N–H and O–H groups in total. The van der Waals surface area contributed by atoms with Crippen molar-refractivity contribution in [1.29, 1.82) is 0 Å². The first-order valence-electron chi connectivity index (χ1n) is 6.06. The van der Waals surface area contributed by atoms with Gasteiger partial charge in [0, 0.05) is 10.7 Å². The molecule has 1 aliphatic heterocycles. The van der Waals surface area contributed by atoms with Crippen LogP contribution in [0.5, 0.6) is 0 Å². The summed E-state index contributed by atoms with van der Waals surface area (Å²) in [4.78, 5) is 35.9. The Morgan fingerprint density at radius 3 is 2.70 bits per heavy atom. The number of rotatable bonds is 3. The highest BCUT2D eigenvalue weighted by Crippen LogP contribution is 2.19.